The second-order valence-electron chi connectivity index (χ2n) is 8.21. The Labute approximate surface area is 165 Å². The van der Waals surface area contributed by atoms with Crippen molar-refractivity contribution in [3.8, 4) is 0 Å². The highest BCUT2D eigenvalue weighted by atomic mass is 16.2. The van der Waals surface area contributed by atoms with Crippen LogP contribution in [-0.2, 0) is 11.3 Å². The lowest BCUT2D eigenvalue weighted by Gasteiger charge is -2.23. The fraction of sp³-hybridized carbons (Fsp3) is 0.571. The average molecular weight is 383 g/mol. The molecule has 7 heteroatoms. The van der Waals surface area contributed by atoms with Gasteiger partial charge in [-0.25, -0.2) is 14.7 Å². The maximum Gasteiger partial charge on any atom is 0.329 e. The van der Waals surface area contributed by atoms with E-state index in [0.29, 0.717) is 24.2 Å². The SMILES string of the molecule is NC(=NCc1cccc(N2C(=O)NC3(CCCC3)C2=O)c1)NC1CCCCC1. The van der Waals surface area contributed by atoms with Crippen LogP contribution < -0.4 is 21.3 Å². The Morgan fingerprint density at radius 2 is 1.93 bits per heavy atom. The number of aliphatic imine (C=N–C) groups is 1. The van der Waals surface area contributed by atoms with Gasteiger partial charge in [-0.1, -0.05) is 44.2 Å². The molecule has 0 bridgehead atoms. The van der Waals surface area contributed by atoms with Gasteiger partial charge in [0.2, 0.25) is 0 Å². The maximum atomic E-state index is 12.9. The molecular formula is C21H29N5O2. The Balaban J connectivity index is 1.43. The highest BCUT2D eigenvalue weighted by Crippen LogP contribution is 2.37. The number of carbonyl (C=O) groups is 2. The minimum atomic E-state index is -0.695. The summed E-state index contributed by atoms with van der Waals surface area (Å²) >= 11 is 0. The van der Waals surface area contributed by atoms with E-state index >= 15 is 0 Å². The van der Waals surface area contributed by atoms with Crippen molar-refractivity contribution in [2.75, 3.05) is 4.90 Å². The highest BCUT2D eigenvalue weighted by Gasteiger charge is 2.52. The summed E-state index contributed by atoms with van der Waals surface area (Å²) in [6.45, 7) is 0.411. The van der Waals surface area contributed by atoms with Crippen molar-refractivity contribution in [1.82, 2.24) is 10.6 Å². The lowest BCUT2D eigenvalue weighted by molar-refractivity contribution is -0.121. The lowest BCUT2D eigenvalue weighted by atomic mass is 9.96. The number of nitrogens with one attached hydrogen (secondary N) is 2. The number of rotatable bonds is 4. The largest absolute Gasteiger partial charge is 0.370 e. The van der Waals surface area contributed by atoms with E-state index in [2.05, 4.69) is 15.6 Å². The first kappa shape index (κ1) is 18.8. The van der Waals surface area contributed by atoms with Crippen LogP contribution in [0.5, 0.6) is 0 Å². The van der Waals surface area contributed by atoms with Crippen molar-refractivity contribution in [1.29, 1.82) is 0 Å². The van der Waals surface area contributed by atoms with Crippen LogP contribution in [0, 0.1) is 0 Å². The van der Waals surface area contributed by atoms with Crippen LogP contribution in [-0.4, -0.2) is 29.5 Å². The summed E-state index contributed by atoms with van der Waals surface area (Å²) in [6, 6.07) is 7.52. The van der Waals surface area contributed by atoms with Gasteiger partial charge in [-0.05, 0) is 43.4 Å². The van der Waals surface area contributed by atoms with Crippen molar-refractivity contribution >= 4 is 23.6 Å². The van der Waals surface area contributed by atoms with Crippen molar-refractivity contribution in [3.05, 3.63) is 29.8 Å². The van der Waals surface area contributed by atoms with E-state index in [1.807, 2.05) is 18.2 Å². The van der Waals surface area contributed by atoms with Gasteiger partial charge in [0.25, 0.3) is 5.91 Å². The van der Waals surface area contributed by atoms with Crippen LogP contribution in [0.25, 0.3) is 0 Å². The van der Waals surface area contributed by atoms with Crippen LogP contribution >= 0.6 is 0 Å². The minimum absolute atomic E-state index is 0.130. The molecule has 1 aromatic rings. The Bertz CT molecular complexity index is 779. The molecule has 1 saturated heterocycles. The predicted molar refractivity (Wildman–Crippen MR) is 109 cm³/mol. The van der Waals surface area contributed by atoms with E-state index in [1.165, 1.54) is 24.2 Å². The Morgan fingerprint density at radius 1 is 1.18 bits per heavy atom. The predicted octanol–water partition coefficient (Wildman–Crippen LogP) is 2.79. The number of guanidine groups is 1. The van der Waals surface area contributed by atoms with Crippen molar-refractivity contribution in [3.63, 3.8) is 0 Å². The number of nitrogens with zero attached hydrogens (tertiary/aromatic N) is 2. The molecule has 3 fully saturated rings. The molecule has 2 aliphatic carbocycles. The number of benzene rings is 1. The minimum Gasteiger partial charge on any atom is -0.370 e. The summed E-state index contributed by atoms with van der Waals surface area (Å²) in [7, 11) is 0. The number of urea groups is 1. The first-order valence-corrected chi connectivity index (χ1v) is 10.4. The van der Waals surface area contributed by atoms with Crippen LogP contribution in [0.4, 0.5) is 10.5 Å². The molecule has 0 radical (unpaired) electrons. The third kappa shape index (κ3) is 3.70. The highest BCUT2D eigenvalue weighted by molar-refractivity contribution is 6.23. The molecule has 7 nitrogen and oxygen atoms in total. The fourth-order valence-corrected chi connectivity index (χ4v) is 4.64. The van der Waals surface area contributed by atoms with Crippen molar-refractivity contribution in [2.24, 2.45) is 10.7 Å². The van der Waals surface area contributed by atoms with Crippen LogP contribution in [0.2, 0.25) is 0 Å². The number of anilines is 1. The zero-order valence-corrected chi connectivity index (χ0v) is 16.2. The number of carbonyl (C=O) groups excluding carboxylic acids is 2. The molecule has 0 aromatic heterocycles. The van der Waals surface area contributed by atoms with E-state index in [9.17, 15) is 9.59 Å². The summed E-state index contributed by atoms with van der Waals surface area (Å²) < 4.78 is 0. The van der Waals surface area contributed by atoms with Crippen LogP contribution in [0.3, 0.4) is 0 Å². The van der Waals surface area contributed by atoms with Crippen LogP contribution in [0.1, 0.15) is 63.4 Å². The second kappa shape index (κ2) is 7.81. The molecule has 3 amide bonds. The lowest BCUT2D eigenvalue weighted by Crippen LogP contribution is -2.44. The van der Waals surface area contributed by atoms with E-state index in [0.717, 1.165) is 44.1 Å². The third-order valence-corrected chi connectivity index (χ3v) is 6.18. The molecule has 3 aliphatic rings. The van der Waals surface area contributed by atoms with Crippen molar-refractivity contribution in [2.45, 2.75) is 75.9 Å². The number of nitrogens with two attached hydrogens (primary N) is 1. The Hall–Kier alpha value is -2.57. The van der Waals surface area contributed by atoms with E-state index in [4.69, 9.17) is 5.73 Å². The van der Waals surface area contributed by atoms with E-state index in [1.54, 1.807) is 6.07 Å². The average Bonchev–Trinajstić information content (AvgIpc) is 3.26. The quantitative estimate of drug-likeness (QED) is 0.423. The molecule has 4 N–H and O–H groups in total. The molecule has 0 unspecified atom stereocenters. The summed E-state index contributed by atoms with van der Waals surface area (Å²) in [6.07, 6.45) is 9.44. The number of amides is 3. The van der Waals surface area contributed by atoms with Gasteiger partial charge in [0.1, 0.15) is 5.54 Å². The zero-order chi connectivity index (χ0) is 19.6. The first-order chi connectivity index (χ1) is 13.6. The Kier molecular flexibility index (Phi) is 5.24. The molecule has 1 aromatic carbocycles. The normalized spacial score (nSPS) is 22.7. The van der Waals surface area contributed by atoms with Gasteiger partial charge in [0.05, 0.1) is 12.2 Å². The summed E-state index contributed by atoms with van der Waals surface area (Å²) in [4.78, 5) is 31.1. The van der Waals surface area contributed by atoms with Gasteiger partial charge < -0.3 is 16.4 Å². The molecule has 1 spiro atoms. The molecule has 4 rings (SSSR count). The topological polar surface area (TPSA) is 99.8 Å². The molecule has 2 saturated carbocycles. The fourth-order valence-electron chi connectivity index (χ4n) is 4.64. The molecule has 1 aliphatic heterocycles. The van der Waals surface area contributed by atoms with Gasteiger partial charge in [0.15, 0.2) is 5.96 Å². The molecule has 1 heterocycles. The second-order valence-corrected chi connectivity index (χ2v) is 8.21. The maximum absolute atomic E-state index is 12.9. The Morgan fingerprint density at radius 3 is 2.68 bits per heavy atom. The monoisotopic (exact) mass is 383 g/mol. The summed E-state index contributed by atoms with van der Waals surface area (Å²) in [5, 5.41) is 6.23. The van der Waals surface area contributed by atoms with Crippen molar-refractivity contribution < 1.29 is 9.59 Å². The summed E-state index contributed by atoms with van der Waals surface area (Å²) in [5.41, 5.74) is 6.86. The standard InChI is InChI=1S/C21H29N5O2/c22-19(24-16-8-2-1-3-9-16)23-14-15-7-6-10-17(13-15)26-18(27)21(25-20(26)28)11-4-5-12-21/h6-7,10,13,16H,1-5,8-9,11-12,14H2,(H,25,28)(H3,22,23,24). The van der Waals surface area contributed by atoms with E-state index < -0.39 is 5.54 Å². The van der Waals surface area contributed by atoms with Gasteiger partial charge >= 0.3 is 6.03 Å². The molecule has 28 heavy (non-hydrogen) atoms. The third-order valence-electron chi connectivity index (χ3n) is 6.18. The number of hydrogen-bond donors (Lipinski definition) is 3. The first-order valence-electron chi connectivity index (χ1n) is 10.4. The van der Waals surface area contributed by atoms with Gasteiger partial charge in [-0.3, -0.25) is 4.79 Å². The molecule has 0 atom stereocenters. The number of imide groups is 1. The summed E-state index contributed by atoms with van der Waals surface area (Å²) in [5.74, 6) is 0.325. The van der Waals surface area contributed by atoms with Gasteiger partial charge in [-0.2, -0.15) is 0 Å². The molecule has 150 valence electrons. The van der Waals surface area contributed by atoms with Gasteiger partial charge in [0, 0.05) is 6.04 Å². The zero-order valence-electron chi connectivity index (χ0n) is 16.2. The van der Waals surface area contributed by atoms with E-state index in [-0.39, 0.29) is 11.9 Å². The van der Waals surface area contributed by atoms with Crippen LogP contribution in [0.15, 0.2) is 29.3 Å². The number of hydrogen-bond acceptors (Lipinski definition) is 3. The smallest absolute Gasteiger partial charge is 0.329 e. The molecular weight excluding hydrogens is 354 g/mol. The van der Waals surface area contributed by atoms with Gasteiger partial charge in [-0.15, -0.1) is 0 Å².